The molecule has 2 aliphatic rings. The highest BCUT2D eigenvalue weighted by atomic mass is 16.6. The van der Waals surface area contributed by atoms with Crippen molar-refractivity contribution in [1.82, 2.24) is 4.90 Å². The molecule has 1 saturated heterocycles. The van der Waals surface area contributed by atoms with Gasteiger partial charge in [0.15, 0.2) is 0 Å². The predicted octanol–water partition coefficient (Wildman–Crippen LogP) is 1.97. The van der Waals surface area contributed by atoms with Gasteiger partial charge in [0.25, 0.3) is 0 Å². The molecule has 4 nitrogen and oxygen atoms in total. The molecule has 1 saturated carbocycles. The number of hydrogen-bond acceptors (Lipinski definition) is 3. The third kappa shape index (κ3) is 2.06. The lowest BCUT2D eigenvalue weighted by atomic mass is 10.1. The van der Waals surface area contributed by atoms with E-state index in [0.29, 0.717) is 6.54 Å². The van der Waals surface area contributed by atoms with Crippen LogP contribution in [-0.4, -0.2) is 35.0 Å². The molecule has 0 aromatic rings. The number of carbonyl (C=O) groups excluding carboxylic acids is 2. The summed E-state index contributed by atoms with van der Waals surface area (Å²) in [6, 6.07) is 0. The average Bonchev–Trinajstić information content (AvgIpc) is 2.76. The highest BCUT2D eigenvalue weighted by molar-refractivity contribution is 5.72. The van der Waals surface area contributed by atoms with E-state index in [4.69, 9.17) is 4.74 Å². The van der Waals surface area contributed by atoms with Gasteiger partial charge in [0, 0.05) is 18.0 Å². The highest BCUT2D eigenvalue weighted by Gasteiger charge is 2.56. The van der Waals surface area contributed by atoms with Gasteiger partial charge in [0.2, 0.25) is 0 Å². The molecule has 1 atom stereocenters. The summed E-state index contributed by atoms with van der Waals surface area (Å²) in [5, 5.41) is 0. The minimum atomic E-state index is -0.466. The Labute approximate surface area is 95.9 Å². The molecule has 1 aliphatic heterocycles. The van der Waals surface area contributed by atoms with Crippen molar-refractivity contribution < 1.29 is 14.3 Å². The van der Waals surface area contributed by atoms with Gasteiger partial charge in [0.1, 0.15) is 11.9 Å². The molecule has 1 amide bonds. The Morgan fingerprint density at radius 1 is 1.44 bits per heavy atom. The van der Waals surface area contributed by atoms with Crippen molar-refractivity contribution in [2.24, 2.45) is 5.92 Å². The van der Waals surface area contributed by atoms with Gasteiger partial charge < -0.3 is 14.4 Å². The fourth-order valence-corrected chi connectivity index (χ4v) is 2.39. The molecule has 0 unspecified atom stereocenters. The molecule has 1 spiro atoms. The van der Waals surface area contributed by atoms with Crippen LogP contribution < -0.4 is 0 Å². The molecule has 0 N–H and O–H groups in total. The Hall–Kier alpha value is -1.06. The molecule has 2 fully saturated rings. The number of ether oxygens (including phenoxy) is 1. The van der Waals surface area contributed by atoms with Crippen molar-refractivity contribution in [3.05, 3.63) is 0 Å². The number of likely N-dealkylation sites (tertiary alicyclic amines) is 1. The van der Waals surface area contributed by atoms with Crippen LogP contribution in [0.3, 0.4) is 0 Å². The van der Waals surface area contributed by atoms with Crippen LogP contribution >= 0.6 is 0 Å². The number of aldehydes is 1. The largest absolute Gasteiger partial charge is 0.444 e. The van der Waals surface area contributed by atoms with Crippen LogP contribution in [0.15, 0.2) is 0 Å². The van der Waals surface area contributed by atoms with Gasteiger partial charge in [-0.2, -0.15) is 0 Å². The Bertz CT molecular complexity index is 315. The van der Waals surface area contributed by atoms with Gasteiger partial charge in [-0.05, 0) is 40.0 Å². The lowest BCUT2D eigenvalue weighted by molar-refractivity contribution is -0.110. The maximum Gasteiger partial charge on any atom is 0.410 e. The molecule has 0 radical (unpaired) electrons. The van der Waals surface area contributed by atoms with Gasteiger partial charge in [-0.1, -0.05) is 0 Å². The SMILES string of the molecule is CC(C)(C)OC(=O)N1C[C@@H](C=O)CC12CC2. The second-order valence-electron chi connectivity index (χ2n) is 5.92. The van der Waals surface area contributed by atoms with Crippen LogP contribution in [0.4, 0.5) is 4.79 Å². The zero-order valence-electron chi connectivity index (χ0n) is 10.2. The quantitative estimate of drug-likeness (QED) is 0.641. The van der Waals surface area contributed by atoms with E-state index < -0.39 is 5.60 Å². The van der Waals surface area contributed by atoms with Gasteiger partial charge in [-0.15, -0.1) is 0 Å². The molecular weight excluding hydrogens is 206 g/mol. The number of rotatable bonds is 1. The van der Waals surface area contributed by atoms with Gasteiger partial charge in [-0.25, -0.2) is 4.79 Å². The fourth-order valence-electron chi connectivity index (χ4n) is 2.39. The molecule has 16 heavy (non-hydrogen) atoms. The van der Waals surface area contributed by atoms with Crippen molar-refractivity contribution in [2.75, 3.05) is 6.54 Å². The summed E-state index contributed by atoms with van der Waals surface area (Å²) in [6.07, 6.45) is 3.53. The smallest absolute Gasteiger partial charge is 0.410 e. The van der Waals surface area contributed by atoms with E-state index in [1.807, 2.05) is 20.8 Å². The minimum Gasteiger partial charge on any atom is -0.444 e. The maximum absolute atomic E-state index is 12.0. The fraction of sp³-hybridized carbons (Fsp3) is 0.833. The van der Waals surface area contributed by atoms with Crippen LogP contribution in [-0.2, 0) is 9.53 Å². The highest BCUT2D eigenvalue weighted by Crippen LogP contribution is 2.51. The molecule has 1 aliphatic carbocycles. The Kier molecular flexibility index (Phi) is 2.48. The Balaban J connectivity index is 2.04. The molecule has 0 aromatic heterocycles. The van der Waals surface area contributed by atoms with E-state index in [1.165, 1.54) is 0 Å². The number of carbonyl (C=O) groups is 2. The third-order valence-corrected chi connectivity index (χ3v) is 3.27. The second kappa shape index (κ2) is 3.47. The van der Waals surface area contributed by atoms with Crippen LogP contribution in [0.1, 0.15) is 40.0 Å². The van der Waals surface area contributed by atoms with Gasteiger partial charge in [0.05, 0.1) is 0 Å². The Morgan fingerprint density at radius 3 is 2.50 bits per heavy atom. The van der Waals surface area contributed by atoms with Crippen molar-refractivity contribution in [2.45, 2.75) is 51.2 Å². The predicted molar refractivity (Wildman–Crippen MR) is 59.1 cm³/mol. The standard InChI is InChI=1S/C12H19NO3/c1-11(2,3)16-10(15)13-7-9(8-14)6-12(13)4-5-12/h8-9H,4-7H2,1-3H3/t9-/m0/s1. The summed E-state index contributed by atoms with van der Waals surface area (Å²) in [5.41, 5.74) is -0.514. The normalized spacial score (nSPS) is 26.9. The third-order valence-electron chi connectivity index (χ3n) is 3.27. The summed E-state index contributed by atoms with van der Waals surface area (Å²) >= 11 is 0. The number of hydrogen-bond donors (Lipinski definition) is 0. The van der Waals surface area contributed by atoms with Crippen LogP contribution in [0.25, 0.3) is 0 Å². The molecule has 90 valence electrons. The van der Waals surface area contributed by atoms with E-state index in [2.05, 4.69) is 0 Å². The molecule has 4 heteroatoms. The van der Waals surface area contributed by atoms with Gasteiger partial charge in [-0.3, -0.25) is 0 Å². The second-order valence-corrected chi connectivity index (χ2v) is 5.92. The van der Waals surface area contributed by atoms with Crippen LogP contribution in [0, 0.1) is 5.92 Å². The van der Waals surface area contributed by atoms with E-state index in [-0.39, 0.29) is 17.6 Å². The lowest BCUT2D eigenvalue weighted by Gasteiger charge is -2.28. The molecule has 0 bridgehead atoms. The van der Waals surface area contributed by atoms with Crippen LogP contribution in [0.2, 0.25) is 0 Å². The minimum absolute atomic E-state index is 0.00461. The van der Waals surface area contributed by atoms with E-state index in [0.717, 1.165) is 25.5 Å². The lowest BCUT2D eigenvalue weighted by Crippen LogP contribution is -2.41. The first-order chi connectivity index (χ1) is 7.36. The van der Waals surface area contributed by atoms with Gasteiger partial charge >= 0.3 is 6.09 Å². The van der Waals surface area contributed by atoms with E-state index in [9.17, 15) is 9.59 Å². The summed E-state index contributed by atoms with van der Waals surface area (Å²) < 4.78 is 5.36. The van der Waals surface area contributed by atoms with Crippen molar-refractivity contribution in [3.8, 4) is 0 Å². The average molecular weight is 225 g/mol. The van der Waals surface area contributed by atoms with Crippen molar-refractivity contribution in [3.63, 3.8) is 0 Å². The summed E-state index contributed by atoms with van der Waals surface area (Å²) in [5.74, 6) is -0.00461. The molecular formula is C12H19NO3. The summed E-state index contributed by atoms with van der Waals surface area (Å²) in [6.45, 7) is 6.10. The molecule has 0 aromatic carbocycles. The number of nitrogens with zero attached hydrogens (tertiary/aromatic N) is 1. The first kappa shape index (κ1) is 11.4. The van der Waals surface area contributed by atoms with Crippen molar-refractivity contribution >= 4 is 12.4 Å². The topological polar surface area (TPSA) is 46.6 Å². The first-order valence-corrected chi connectivity index (χ1v) is 5.82. The zero-order valence-corrected chi connectivity index (χ0v) is 10.2. The Morgan fingerprint density at radius 2 is 2.06 bits per heavy atom. The maximum atomic E-state index is 12.0. The summed E-state index contributed by atoms with van der Waals surface area (Å²) in [4.78, 5) is 24.5. The van der Waals surface area contributed by atoms with E-state index >= 15 is 0 Å². The van der Waals surface area contributed by atoms with Crippen LogP contribution in [0.5, 0.6) is 0 Å². The van der Waals surface area contributed by atoms with E-state index in [1.54, 1.807) is 4.90 Å². The monoisotopic (exact) mass is 225 g/mol. The molecule has 1 heterocycles. The zero-order chi connectivity index (χ0) is 12.0. The first-order valence-electron chi connectivity index (χ1n) is 5.82. The molecule has 2 rings (SSSR count). The van der Waals surface area contributed by atoms with Crippen molar-refractivity contribution in [1.29, 1.82) is 0 Å². The number of amides is 1. The summed E-state index contributed by atoms with van der Waals surface area (Å²) in [7, 11) is 0.